The number of aliphatic hydroxyl groups excluding tert-OH is 1. The summed E-state index contributed by atoms with van der Waals surface area (Å²) < 4.78 is 0. The smallest absolute Gasteiger partial charge is 0.167 e. The Kier molecular flexibility index (Phi) is 5.88. The fraction of sp³-hybridized carbons (Fsp3) is 0.0667. The fourth-order valence-corrected chi connectivity index (χ4v) is 4.32. The number of allylic oxidation sites excluding steroid dienone is 6. The Hall–Kier alpha value is -4.66. The van der Waals surface area contributed by atoms with Crippen molar-refractivity contribution in [3.63, 3.8) is 0 Å². The highest BCUT2D eigenvalue weighted by atomic mass is 16.9. The fourth-order valence-electron chi connectivity index (χ4n) is 4.32. The Bertz CT molecular complexity index is 1480. The predicted octanol–water partition coefficient (Wildman–Crippen LogP) is 6.66. The number of aromatic hydroxyl groups is 1. The first-order valence-electron chi connectivity index (χ1n) is 11.2. The minimum Gasteiger partial charge on any atom is -0.508 e. The Morgan fingerprint density at radius 2 is 1.49 bits per heavy atom. The van der Waals surface area contributed by atoms with E-state index in [4.69, 9.17) is 9.68 Å². The monoisotopic (exact) mass is 461 g/mol. The van der Waals surface area contributed by atoms with Crippen molar-refractivity contribution in [1.82, 2.24) is 5.64 Å². The van der Waals surface area contributed by atoms with Crippen LogP contribution < -0.4 is 15.3 Å². The molecule has 2 aliphatic rings. The number of phenolic OH excluding ortho intramolecular Hbond substituents is 1. The van der Waals surface area contributed by atoms with Crippen LogP contribution in [0.25, 0.3) is 16.7 Å². The zero-order valence-corrected chi connectivity index (χ0v) is 19.1. The summed E-state index contributed by atoms with van der Waals surface area (Å²) in [7, 11) is 0. The van der Waals surface area contributed by atoms with Crippen LogP contribution in [-0.2, 0) is 0 Å². The molecule has 3 aromatic carbocycles. The van der Waals surface area contributed by atoms with Gasteiger partial charge >= 0.3 is 0 Å². The number of aliphatic hydroxyl groups is 1. The van der Waals surface area contributed by atoms with Crippen LogP contribution in [0.4, 0.5) is 0 Å². The van der Waals surface area contributed by atoms with Crippen LogP contribution in [0.3, 0.4) is 0 Å². The molecule has 1 aliphatic carbocycles. The summed E-state index contributed by atoms with van der Waals surface area (Å²) in [4.78, 5) is 11.6. The van der Waals surface area contributed by atoms with Gasteiger partial charge in [0.05, 0.1) is 0 Å². The molecule has 0 radical (unpaired) electrons. The average molecular weight is 462 g/mol. The van der Waals surface area contributed by atoms with E-state index in [0.717, 1.165) is 39.0 Å². The topological polar surface area (TPSA) is 71.0 Å². The second-order valence-electron chi connectivity index (χ2n) is 8.15. The van der Waals surface area contributed by atoms with Gasteiger partial charge in [0, 0.05) is 28.3 Å². The van der Waals surface area contributed by atoms with E-state index in [1.165, 1.54) is 0 Å². The number of hydrogen-bond acceptors (Lipinski definition) is 5. The number of hydrogen-bond donors (Lipinski definition) is 3. The van der Waals surface area contributed by atoms with E-state index in [0.29, 0.717) is 11.5 Å². The standard InChI is InChI=1S/C30H23NO4/c1-3-19(4-2)30-26-17-22(20-5-11-24(32)12-6-20)9-15-28(26)34-31-35-29-16-10-23(18-27(29)30)21-7-13-25(33)14-8-21/h3-7,9-13,15-18,30-33H,1H2,2H3/b19-4+. The lowest BCUT2D eigenvalue weighted by Gasteiger charge is -2.27. The van der Waals surface area contributed by atoms with Crippen molar-refractivity contribution >= 4 is 5.57 Å². The molecular weight excluding hydrogens is 438 g/mol. The molecule has 0 spiro atoms. The molecule has 5 rings (SSSR count). The Balaban J connectivity index is 1.73. The number of benzene rings is 3. The zero-order valence-electron chi connectivity index (χ0n) is 19.1. The van der Waals surface area contributed by atoms with Crippen molar-refractivity contribution in [3.8, 4) is 28.4 Å². The first-order valence-corrected chi connectivity index (χ1v) is 11.2. The summed E-state index contributed by atoms with van der Waals surface area (Å²) in [5, 5.41) is 19.3. The van der Waals surface area contributed by atoms with E-state index in [2.05, 4.69) is 29.8 Å². The van der Waals surface area contributed by atoms with Crippen molar-refractivity contribution in [1.29, 1.82) is 0 Å². The molecule has 0 fully saturated rings. The van der Waals surface area contributed by atoms with Gasteiger partial charge in [-0.1, -0.05) is 42.7 Å². The molecular formula is C30H23NO4. The minimum atomic E-state index is -0.234. The predicted molar refractivity (Wildman–Crippen MR) is 136 cm³/mol. The van der Waals surface area contributed by atoms with Gasteiger partial charge in [0.25, 0.3) is 0 Å². The molecule has 1 unspecified atom stereocenters. The highest BCUT2D eigenvalue weighted by Gasteiger charge is 2.28. The Morgan fingerprint density at radius 3 is 2.09 bits per heavy atom. The maximum atomic E-state index is 9.71. The number of phenols is 1. The van der Waals surface area contributed by atoms with Gasteiger partial charge in [-0.2, -0.15) is 0 Å². The van der Waals surface area contributed by atoms with Crippen LogP contribution in [-0.4, -0.2) is 10.2 Å². The first kappa shape index (κ1) is 22.1. The van der Waals surface area contributed by atoms with Crippen molar-refractivity contribution in [2.45, 2.75) is 12.8 Å². The van der Waals surface area contributed by atoms with E-state index in [9.17, 15) is 10.2 Å². The lowest BCUT2D eigenvalue weighted by molar-refractivity contribution is -0.0226. The van der Waals surface area contributed by atoms with Gasteiger partial charge in [-0.25, -0.2) is 0 Å². The maximum absolute atomic E-state index is 9.71. The minimum absolute atomic E-state index is 0.0427. The van der Waals surface area contributed by atoms with Crippen molar-refractivity contribution in [2.75, 3.05) is 0 Å². The summed E-state index contributed by atoms with van der Waals surface area (Å²) in [6.07, 6.45) is 7.26. The number of rotatable bonds is 4. The second-order valence-corrected chi connectivity index (χ2v) is 8.15. The van der Waals surface area contributed by atoms with Crippen LogP contribution in [0.2, 0.25) is 0 Å². The number of nitrogens with one attached hydrogen (secondary N) is 1. The molecule has 0 saturated carbocycles. The van der Waals surface area contributed by atoms with E-state index < -0.39 is 0 Å². The van der Waals surface area contributed by atoms with E-state index in [1.54, 1.807) is 24.3 Å². The molecule has 3 aromatic rings. The van der Waals surface area contributed by atoms with Gasteiger partial charge in [0.2, 0.25) is 0 Å². The maximum Gasteiger partial charge on any atom is 0.167 e. The molecule has 0 amide bonds. The summed E-state index contributed by atoms with van der Waals surface area (Å²) >= 11 is 0. The van der Waals surface area contributed by atoms with Crippen LogP contribution in [0.5, 0.6) is 17.2 Å². The lowest BCUT2D eigenvalue weighted by atomic mass is 9.81. The summed E-state index contributed by atoms with van der Waals surface area (Å²) in [5.41, 5.74) is 14.8. The molecule has 172 valence electrons. The highest BCUT2D eigenvalue weighted by Crippen LogP contribution is 2.44. The molecule has 5 heteroatoms. The molecule has 0 saturated heterocycles. The largest absolute Gasteiger partial charge is 0.508 e. The molecule has 5 nitrogen and oxygen atoms in total. The lowest BCUT2D eigenvalue weighted by Crippen LogP contribution is -2.27. The SMILES string of the molecule is C=C/C(=C\C)C1c2cc(C3=C=C=C(O)C=C3)ccc2ONOc2ccc(-c3ccc(O)cc3)cc21. The van der Waals surface area contributed by atoms with Crippen molar-refractivity contribution < 1.29 is 19.9 Å². The summed E-state index contributed by atoms with van der Waals surface area (Å²) in [5.74, 6) is 1.27. The first-order chi connectivity index (χ1) is 17.1. The van der Waals surface area contributed by atoms with E-state index in [-0.39, 0.29) is 17.4 Å². The van der Waals surface area contributed by atoms with E-state index >= 15 is 0 Å². The summed E-state index contributed by atoms with van der Waals surface area (Å²) in [6.45, 7) is 6.03. The quantitative estimate of drug-likeness (QED) is 0.299. The molecule has 0 aromatic heterocycles. The van der Waals surface area contributed by atoms with Gasteiger partial charge < -0.3 is 19.9 Å². The van der Waals surface area contributed by atoms with Crippen molar-refractivity contribution in [2.24, 2.45) is 0 Å². The molecule has 0 bridgehead atoms. The highest BCUT2D eigenvalue weighted by molar-refractivity contribution is 5.77. The van der Waals surface area contributed by atoms with E-state index in [1.807, 2.05) is 61.5 Å². The average Bonchev–Trinajstić information content (AvgIpc) is 2.88. The molecule has 1 aliphatic heterocycles. The van der Waals surface area contributed by atoms with Crippen LogP contribution in [0, 0.1) is 0 Å². The molecule has 1 heterocycles. The third kappa shape index (κ3) is 4.31. The van der Waals surface area contributed by atoms with Gasteiger partial charge in [-0.05, 0) is 89.5 Å². The molecule has 3 N–H and O–H groups in total. The van der Waals surface area contributed by atoms with Crippen LogP contribution in [0.1, 0.15) is 29.5 Å². The number of fused-ring (bicyclic) bond motifs is 2. The Morgan fingerprint density at radius 1 is 0.857 bits per heavy atom. The van der Waals surface area contributed by atoms with Gasteiger partial charge in [0.15, 0.2) is 17.3 Å². The third-order valence-corrected chi connectivity index (χ3v) is 6.09. The molecule has 35 heavy (non-hydrogen) atoms. The molecule has 1 atom stereocenters. The van der Waals surface area contributed by atoms with Crippen molar-refractivity contribution in [3.05, 3.63) is 131 Å². The second kappa shape index (κ2) is 9.30. The summed E-state index contributed by atoms with van der Waals surface area (Å²) in [6, 6.07) is 18.9. The van der Waals surface area contributed by atoms with Gasteiger partial charge in [0.1, 0.15) is 5.75 Å². The van der Waals surface area contributed by atoms with Crippen LogP contribution >= 0.6 is 0 Å². The van der Waals surface area contributed by atoms with Crippen LogP contribution in [0.15, 0.2) is 114 Å². The Labute approximate surface area is 203 Å². The van der Waals surface area contributed by atoms with Gasteiger partial charge in [-0.15, -0.1) is 0 Å². The normalized spacial score (nSPS) is 16.5. The zero-order chi connectivity index (χ0) is 24.4. The van der Waals surface area contributed by atoms with Gasteiger partial charge in [-0.3, -0.25) is 0 Å². The third-order valence-electron chi connectivity index (χ3n) is 6.09.